The molecular weight excluding hydrogens is 356 g/mol. The van der Waals surface area contributed by atoms with Crippen LogP contribution in [0.1, 0.15) is 6.92 Å². The molecule has 6 heteroatoms. The van der Waals surface area contributed by atoms with Crippen molar-refractivity contribution in [1.29, 1.82) is 0 Å². The van der Waals surface area contributed by atoms with E-state index in [2.05, 4.69) is 10.1 Å². The van der Waals surface area contributed by atoms with Crippen LogP contribution in [0.4, 0.5) is 5.69 Å². The number of pyridine rings is 1. The maximum atomic E-state index is 11.7. The van der Waals surface area contributed by atoms with Crippen molar-refractivity contribution in [1.82, 2.24) is 4.98 Å². The summed E-state index contributed by atoms with van der Waals surface area (Å²) in [5.41, 5.74) is 4.22. The van der Waals surface area contributed by atoms with Gasteiger partial charge in [-0.2, -0.15) is 0 Å². The maximum Gasteiger partial charge on any atom is 0.303 e. The highest BCUT2D eigenvalue weighted by molar-refractivity contribution is 5.92. The standard InChI is InChI=1S/C22H20N2O4/c1-15(25)28-14-22(26)23-18-10-6-16(7-11-18)20-4-3-5-21(24-20)17-8-12-19(27-2)13-9-17/h3-13H,14H2,1-2H3,(H,23,26). The number of anilines is 1. The maximum absolute atomic E-state index is 11.7. The molecule has 3 aromatic rings. The number of esters is 1. The fourth-order valence-corrected chi connectivity index (χ4v) is 2.61. The first-order valence-electron chi connectivity index (χ1n) is 8.70. The summed E-state index contributed by atoms with van der Waals surface area (Å²) >= 11 is 0. The average molecular weight is 376 g/mol. The molecule has 1 heterocycles. The van der Waals surface area contributed by atoms with Gasteiger partial charge in [-0.15, -0.1) is 0 Å². The fraction of sp³-hybridized carbons (Fsp3) is 0.136. The highest BCUT2D eigenvalue weighted by Gasteiger charge is 2.07. The molecule has 1 amide bonds. The molecule has 0 spiro atoms. The van der Waals surface area contributed by atoms with Crippen molar-refractivity contribution in [2.45, 2.75) is 6.92 Å². The van der Waals surface area contributed by atoms with E-state index < -0.39 is 5.97 Å². The van der Waals surface area contributed by atoms with E-state index in [1.807, 2.05) is 54.6 Å². The van der Waals surface area contributed by atoms with Crippen molar-refractivity contribution < 1.29 is 19.1 Å². The number of amides is 1. The van der Waals surface area contributed by atoms with Gasteiger partial charge in [-0.25, -0.2) is 4.98 Å². The number of nitrogens with zero attached hydrogens (tertiary/aromatic N) is 1. The molecule has 6 nitrogen and oxygen atoms in total. The van der Waals surface area contributed by atoms with Gasteiger partial charge in [0.05, 0.1) is 18.5 Å². The van der Waals surface area contributed by atoms with E-state index in [0.29, 0.717) is 5.69 Å². The number of rotatable bonds is 6. The quantitative estimate of drug-likeness (QED) is 0.660. The first-order valence-corrected chi connectivity index (χ1v) is 8.70. The third kappa shape index (κ3) is 4.94. The number of hydrogen-bond donors (Lipinski definition) is 1. The summed E-state index contributed by atoms with van der Waals surface area (Å²) in [6.45, 7) is 0.956. The number of hydrogen-bond acceptors (Lipinski definition) is 5. The predicted molar refractivity (Wildman–Crippen MR) is 107 cm³/mol. The Hall–Kier alpha value is -3.67. The van der Waals surface area contributed by atoms with Gasteiger partial charge in [0.2, 0.25) is 0 Å². The normalized spacial score (nSPS) is 10.2. The molecule has 0 saturated heterocycles. The Kier molecular flexibility index (Phi) is 6.01. The Morgan fingerprint density at radius 3 is 2.00 bits per heavy atom. The van der Waals surface area contributed by atoms with E-state index in [0.717, 1.165) is 28.3 Å². The van der Waals surface area contributed by atoms with Gasteiger partial charge in [0.1, 0.15) is 5.75 Å². The van der Waals surface area contributed by atoms with Crippen LogP contribution in [-0.4, -0.2) is 30.6 Å². The number of aromatic nitrogens is 1. The van der Waals surface area contributed by atoms with Crippen LogP contribution in [0.15, 0.2) is 66.7 Å². The van der Waals surface area contributed by atoms with Crippen molar-refractivity contribution >= 4 is 17.6 Å². The second kappa shape index (κ2) is 8.81. The Bertz CT molecular complexity index is 967. The summed E-state index contributed by atoms with van der Waals surface area (Å²) in [6, 6.07) is 20.9. The molecular formula is C22H20N2O4. The monoisotopic (exact) mass is 376 g/mol. The fourth-order valence-electron chi connectivity index (χ4n) is 2.61. The zero-order valence-corrected chi connectivity index (χ0v) is 15.6. The molecule has 1 aromatic heterocycles. The second-order valence-electron chi connectivity index (χ2n) is 6.04. The van der Waals surface area contributed by atoms with E-state index in [1.54, 1.807) is 19.2 Å². The molecule has 0 fully saturated rings. The van der Waals surface area contributed by atoms with E-state index in [1.165, 1.54) is 6.92 Å². The Labute approximate surface area is 163 Å². The summed E-state index contributed by atoms with van der Waals surface area (Å²) in [6.07, 6.45) is 0. The lowest BCUT2D eigenvalue weighted by Gasteiger charge is -2.08. The minimum absolute atomic E-state index is 0.303. The molecule has 0 saturated carbocycles. The van der Waals surface area contributed by atoms with E-state index in [4.69, 9.17) is 9.72 Å². The summed E-state index contributed by atoms with van der Waals surface area (Å²) in [7, 11) is 1.64. The van der Waals surface area contributed by atoms with Gasteiger partial charge >= 0.3 is 5.97 Å². The van der Waals surface area contributed by atoms with E-state index in [9.17, 15) is 9.59 Å². The lowest BCUT2D eigenvalue weighted by molar-refractivity contribution is -0.144. The molecule has 0 bridgehead atoms. The number of methoxy groups -OCH3 is 1. The van der Waals surface area contributed by atoms with Crippen LogP contribution in [0.5, 0.6) is 5.75 Å². The third-order valence-corrected chi connectivity index (χ3v) is 4.01. The highest BCUT2D eigenvalue weighted by Crippen LogP contribution is 2.25. The molecule has 142 valence electrons. The number of benzene rings is 2. The lowest BCUT2D eigenvalue weighted by Crippen LogP contribution is -2.19. The number of nitrogens with one attached hydrogen (secondary N) is 1. The molecule has 28 heavy (non-hydrogen) atoms. The Morgan fingerprint density at radius 1 is 0.893 bits per heavy atom. The highest BCUT2D eigenvalue weighted by atomic mass is 16.5. The number of carbonyl (C=O) groups is 2. The Morgan fingerprint density at radius 2 is 1.46 bits per heavy atom. The van der Waals surface area contributed by atoms with Crippen LogP contribution in [-0.2, 0) is 14.3 Å². The van der Waals surface area contributed by atoms with Crippen molar-refractivity contribution in [3.05, 3.63) is 66.7 Å². The van der Waals surface area contributed by atoms with Crippen LogP contribution in [0, 0.1) is 0 Å². The minimum atomic E-state index is -0.492. The molecule has 0 radical (unpaired) electrons. The smallest absolute Gasteiger partial charge is 0.303 e. The third-order valence-electron chi connectivity index (χ3n) is 4.01. The lowest BCUT2D eigenvalue weighted by atomic mass is 10.1. The van der Waals surface area contributed by atoms with Gasteiger partial charge in [-0.3, -0.25) is 9.59 Å². The van der Waals surface area contributed by atoms with Crippen LogP contribution in [0.25, 0.3) is 22.5 Å². The summed E-state index contributed by atoms with van der Waals surface area (Å²) in [5, 5.41) is 2.68. The summed E-state index contributed by atoms with van der Waals surface area (Å²) in [4.78, 5) is 27.2. The van der Waals surface area contributed by atoms with Crippen molar-refractivity contribution in [3.63, 3.8) is 0 Å². The summed E-state index contributed by atoms with van der Waals surface area (Å²) < 4.78 is 9.86. The molecule has 0 aliphatic carbocycles. The average Bonchev–Trinajstić information content (AvgIpc) is 2.73. The molecule has 0 aliphatic heterocycles. The van der Waals surface area contributed by atoms with Gasteiger partial charge in [0.25, 0.3) is 5.91 Å². The van der Waals surface area contributed by atoms with Crippen LogP contribution < -0.4 is 10.1 Å². The minimum Gasteiger partial charge on any atom is -0.497 e. The largest absolute Gasteiger partial charge is 0.497 e. The van der Waals surface area contributed by atoms with Crippen molar-refractivity contribution in [3.8, 4) is 28.3 Å². The van der Waals surface area contributed by atoms with Gasteiger partial charge in [0, 0.05) is 23.7 Å². The molecule has 0 aliphatic rings. The number of carbonyl (C=O) groups excluding carboxylic acids is 2. The predicted octanol–water partition coefficient (Wildman–Crippen LogP) is 3.93. The van der Waals surface area contributed by atoms with Gasteiger partial charge in [0.15, 0.2) is 6.61 Å². The molecule has 2 aromatic carbocycles. The molecule has 0 unspecified atom stereocenters. The SMILES string of the molecule is COc1ccc(-c2cccc(-c3ccc(NC(=O)COC(C)=O)cc3)n2)cc1. The summed E-state index contributed by atoms with van der Waals surface area (Å²) in [5.74, 6) is -0.0814. The zero-order valence-electron chi connectivity index (χ0n) is 15.6. The first-order chi connectivity index (χ1) is 13.5. The van der Waals surface area contributed by atoms with Crippen molar-refractivity contribution in [2.24, 2.45) is 0 Å². The van der Waals surface area contributed by atoms with Gasteiger partial charge < -0.3 is 14.8 Å². The van der Waals surface area contributed by atoms with E-state index >= 15 is 0 Å². The zero-order chi connectivity index (χ0) is 19.9. The van der Waals surface area contributed by atoms with Crippen LogP contribution >= 0.6 is 0 Å². The topological polar surface area (TPSA) is 77.5 Å². The Balaban J connectivity index is 1.73. The first kappa shape index (κ1) is 19.1. The van der Waals surface area contributed by atoms with Gasteiger partial charge in [-0.05, 0) is 48.5 Å². The molecule has 1 N–H and O–H groups in total. The number of ether oxygens (including phenoxy) is 2. The molecule has 0 atom stereocenters. The van der Waals surface area contributed by atoms with E-state index in [-0.39, 0.29) is 12.5 Å². The van der Waals surface area contributed by atoms with Crippen LogP contribution in [0.3, 0.4) is 0 Å². The second-order valence-corrected chi connectivity index (χ2v) is 6.04. The van der Waals surface area contributed by atoms with Gasteiger partial charge in [-0.1, -0.05) is 18.2 Å². The van der Waals surface area contributed by atoms with Crippen LogP contribution in [0.2, 0.25) is 0 Å². The van der Waals surface area contributed by atoms with Crippen molar-refractivity contribution in [2.75, 3.05) is 19.0 Å². The molecule has 3 rings (SSSR count).